The van der Waals surface area contributed by atoms with Crippen LogP contribution in [0.2, 0.25) is 0 Å². The average Bonchev–Trinajstić information content (AvgIpc) is 2.94. The molecular formula is C9H17N5. The van der Waals surface area contributed by atoms with Gasteiger partial charge in [0.15, 0.2) is 0 Å². The summed E-state index contributed by atoms with van der Waals surface area (Å²) < 4.78 is 1.78. The molecule has 14 heavy (non-hydrogen) atoms. The molecule has 0 spiro atoms. The zero-order valence-electron chi connectivity index (χ0n) is 8.64. The molecule has 1 aromatic rings. The minimum absolute atomic E-state index is 0.169. The van der Waals surface area contributed by atoms with Crippen molar-refractivity contribution in [2.24, 2.45) is 24.7 Å². The summed E-state index contributed by atoms with van der Waals surface area (Å²) in [6.45, 7) is 2.23. The lowest BCUT2D eigenvalue weighted by Crippen LogP contribution is -2.34. The minimum Gasteiger partial charge on any atom is -0.271 e. The van der Waals surface area contributed by atoms with E-state index in [2.05, 4.69) is 22.7 Å². The van der Waals surface area contributed by atoms with Crippen LogP contribution < -0.4 is 11.3 Å². The van der Waals surface area contributed by atoms with E-state index >= 15 is 0 Å². The first-order valence-electron chi connectivity index (χ1n) is 5.04. The van der Waals surface area contributed by atoms with Crippen molar-refractivity contribution in [1.82, 2.24) is 20.4 Å². The fourth-order valence-electron chi connectivity index (χ4n) is 1.98. The van der Waals surface area contributed by atoms with E-state index in [0.29, 0.717) is 5.92 Å². The van der Waals surface area contributed by atoms with Crippen molar-refractivity contribution in [1.29, 1.82) is 0 Å². The second-order valence-corrected chi connectivity index (χ2v) is 4.12. The van der Waals surface area contributed by atoms with Crippen LogP contribution in [0.4, 0.5) is 0 Å². The van der Waals surface area contributed by atoms with Gasteiger partial charge >= 0.3 is 0 Å². The first-order valence-corrected chi connectivity index (χ1v) is 5.04. The molecule has 0 aromatic carbocycles. The van der Waals surface area contributed by atoms with E-state index in [1.165, 1.54) is 12.8 Å². The predicted molar refractivity (Wildman–Crippen MR) is 53.0 cm³/mol. The molecule has 3 N–H and O–H groups in total. The molecule has 1 saturated carbocycles. The Morgan fingerprint density at radius 1 is 1.64 bits per heavy atom. The maximum Gasteiger partial charge on any atom is 0.0769 e. The molecular weight excluding hydrogens is 178 g/mol. The summed E-state index contributed by atoms with van der Waals surface area (Å²) >= 11 is 0. The lowest BCUT2D eigenvalue weighted by atomic mass is 9.95. The van der Waals surface area contributed by atoms with Gasteiger partial charge in [0, 0.05) is 7.05 Å². The van der Waals surface area contributed by atoms with Crippen molar-refractivity contribution in [3.05, 3.63) is 11.9 Å². The van der Waals surface area contributed by atoms with E-state index in [9.17, 15) is 0 Å². The van der Waals surface area contributed by atoms with Gasteiger partial charge in [-0.3, -0.25) is 16.0 Å². The number of nitrogens with one attached hydrogen (secondary N) is 1. The van der Waals surface area contributed by atoms with Crippen LogP contribution in [0.5, 0.6) is 0 Å². The van der Waals surface area contributed by atoms with Gasteiger partial charge in [0.05, 0.1) is 17.9 Å². The molecule has 0 radical (unpaired) electrons. The molecule has 1 heterocycles. The van der Waals surface area contributed by atoms with Crippen molar-refractivity contribution >= 4 is 0 Å². The lowest BCUT2D eigenvalue weighted by molar-refractivity contribution is 0.338. The Morgan fingerprint density at radius 3 is 2.79 bits per heavy atom. The number of hydrazine groups is 1. The molecule has 0 amide bonds. The lowest BCUT2D eigenvalue weighted by Gasteiger charge is -2.22. The highest BCUT2D eigenvalue weighted by atomic mass is 15.4. The van der Waals surface area contributed by atoms with E-state index in [-0.39, 0.29) is 6.04 Å². The van der Waals surface area contributed by atoms with E-state index in [0.717, 1.165) is 11.6 Å². The fourth-order valence-corrected chi connectivity index (χ4v) is 1.98. The van der Waals surface area contributed by atoms with Crippen molar-refractivity contribution < 1.29 is 0 Å². The Bertz CT molecular complexity index is 304. The van der Waals surface area contributed by atoms with Gasteiger partial charge in [-0.25, -0.2) is 0 Å². The molecule has 1 aliphatic rings. The van der Waals surface area contributed by atoms with Crippen LogP contribution in [0.15, 0.2) is 6.20 Å². The Morgan fingerprint density at radius 2 is 2.36 bits per heavy atom. The third-order valence-corrected chi connectivity index (χ3v) is 3.14. The molecule has 0 aliphatic heterocycles. The Labute approximate surface area is 83.6 Å². The van der Waals surface area contributed by atoms with Gasteiger partial charge in [-0.05, 0) is 24.7 Å². The number of aryl methyl sites for hydroxylation is 1. The van der Waals surface area contributed by atoms with E-state index in [1.54, 1.807) is 10.9 Å². The maximum atomic E-state index is 5.58. The molecule has 78 valence electrons. The molecule has 0 saturated heterocycles. The Balaban J connectivity index is 2.16. The highest BCUT2D eigenvalue weighted by molar-refractivity contribution is 5.05. The SMILES string of the molecule is CC(C1CC1)C(NN)c1cnnn1C. The summed E-state index contributed by atoms with van der Waals surface area (Å²) in [5, 5.41) is 7.79. The topological polar surface area (TPSA) is 68.8 Å². The molecule has 5 heteroatoms. The summed E-state index contributed by atoms with van der Waals surface area (Å²) in [5.74, 6) is 6.94. The molecule has 2 unspecified atom stereocenters. The van der Waals surface area contributed by atoms with Crippen LogP contribution in [0.25, 0.3) is 0 Å². The smallest absolute Gasteiger partial charge is 0.0769 e. The molecule has 2 rings (SSSR count). The highest BCUT2D eigenvalue weighted by Crippen LogP contribution is 2.42. The monoisotopic (exact) mass is 195 g/mol. The summed E-state index contributed by atoms with van der Waals surface area (Å²) in [4.78, 5) is 0. The number of rotatable bonds is 4. The second kappa shape index (κ2) is 3.67. The number of hydrogen-bond donors (Lipinski definition) is 2. The van der Waals surface area contributed by atoms with E-state index in [1.807, 2.05) is 7.05 Å². The van der Waals surface area contributed by atoms with E-state index < -0.39 is 0 Å². The molecule has 1 fully saturated rings. The Kier molecular flexibility index (Phi) is 2.52. The fraction of sp³-hybridized carbons (Fsp3) is 0.778. The van der Waals surface area contributed by atoms with Crippen LogP contribution in [-0.4, -0.2) is 15.0 Å². The number of aromatic nitrogens is 3. The van der Waals surface area contributed by atoms with Crippen LogP contribution in [-0.2, 0) is 7.05 Å². The highest BCUT2D eigenvalue weighted by Gasteiger charge is 2.34. The van der Waals surface area contributed by atoms with Crippen molar-refractivity contribution in [3.8, 4) is 0 Å². The molecule has 1 aromatic heterocycles. The van der Waals surface area contributed by atoms with Gasteiger partial charge in [-0.1, -0.05) is 12.1 Å². The molecule has 0 bridgehead atoms. The minimum atomic E-state index is 0.169. The van der Waals surface area contributed by atoms with Crippen molar-refractivity contribution in [2.45, 2.75) is 25.8 Å². The zero-order valence-corrected chi connectivity index (χ0v) is 8.64. The van der Waals surface area contributed by atoms with Gasteiger partial charge in [-0.2, -0.15) is 0 Å². The number of hydrogen-bond acceptors (Lipinski definition) is 4. The zero-order chi connectivity index (χ0) is 10.1. The van der Waals surface area contributed by atoms with Crippen LogP contribution in [0.3, 0.4) is 0 Å². The summed E-state index contributed by atoms with van der Waals surface area (Å²) in [6, 6.07) is 0.169. The second-order valence-electron chi connectivity index (χ2n) is 4.12. The van der Waals surface area contributed by atoms with Gasteiger partial charge < -0.3 is 0 Å². The maximum absolute atomic E-state index is 5.58. The van der Waals surface area contributed by atoms with Gasteiger partial charge in [0.1, 0.15) is 0 Å². The predicted octanol–water partition coefficient (Wildman–Crippen LogP) is 0.366. The van der Waals surface area contributed by atoms with Crippen LogP contribution in [0, 0.1) is 11.8 Å². The third-order valence-electron chi connectivity index (χ3n) is 3.14. The number of nitrogens with zero attached hydrogens (tertiary/aromatic N) is 3. The first kappa shape index (κ1) is 9.61. The first-order chi connectivity index (χ1) is 6.74. The quantitative estimate of drug-likeness (QED) is 0.538. The van der Waals surface area contributed by atoms with Crippen molar-refractivity contribution in [2.75, 3.05) is 0 Å². The third kappa shape index (κ3) is 1.65. The summed E-state index contributed by atoms with van der Waals surface area (Å²) in [6.07, 6.45) is 4.43. The molecule has 1 aliphatic carbocycles. The van der Waals surface area contributed by atoms with Gasteiger partial charge in [-0.15, -0.1) is 5.10 Å². The van der Waals surface area contributed by atoms with Gasteiger partial charge in [0.25, 0.3) is 0 Å². The summed E-state index contributed by atoms with van der Waals surface area (Å²) in [7, 11) is 1.90. The Hall–Kier alpha value is -0.940. The van der Waals surface area contributed by atoms with E-state index in [4.69, 9.17) is 5.84 Å². The van der Waals surface area contributed by atoms with Gasteiger partial charge in [0.2, 0.25) is 0 Å². The van der Waals surface area contributed by atoms with Crippen LogP contribution in [0.1, 0.15) is 31.5 Å². The normalized spacial score (nSPS) is 20.8. The largest absolute Gasteiger partial charge is 0.271 e. The van der Waals surface area contributed by atoms with Crippen LogP contribution >= 0.6 is 0 Å². The van der Waals surface area contributed by atoms with Crippen molar-refractivity contribution in [3.63, 3.8) is 0 Å². The molecule has 5 nitrogen and oxygen atoms in total. The summed E-state index contributed by atoms with van der Waals surface area (Å²) in [5.41, 5.74) is 3.93. The average molecular weight is 195 g/mol. The standard InChI is InChI=1S/C9H17N5/c1-6(7-3-4-7)9(12-10)8-5-11-13-14(8)2/h5-7,9,12H,3-4,10H2,1-2H3. The molecule has 2 atom stereocenters. The number of nitrogens with two attached hydrogens (primary N) is 1.